The van der Waals surface area contributed by atoms with Gasteiger partial charge in [0.15, 0.2) is 0 Å². The second-order valence-corrected chi connectivity index (χ2v) is 9.20. The van der Waals surface area contributed by atoms with Crippen LogP contribution < -0.4 is 14.9 Å². The van der Waals surface area contributed by atoms with Crippen LogP contribution in [0.5, 0.6) is 0 Å². The van der Waals surface area contributed by atoms with E-state index in [4.69, 9.17) is 27.9 Å². The number of aryl methyl sites for hydroxylation is 2. The molecule has 0 unspecified atom stereocenters. The van der Waals surface area contributed by atoms with Gasteiger partial charge in [0.1, 0.15) is 10.7 Å². The minimum atomic E-state index is -3.76. The zero-order chi connectivity index (χ0) is 21.0. The molecule has 0 spiro atoms. The monoisotopic (exact) mass is 459 g/mol. The largest absolute Gasteiger partial charge is 0.378 e. The first-order valence-corrected chi connectivity index (χ1v) is 11.4. The van der Waals surface area contributed by atoms with E-state index in [1.54, 1.807) is 6.92 Å². The Balaban J connectivity index is 1.60. The van der Waals surface area contributed by atoms with Crippen molar-refractivity contribution in [2.45, 2.75) is 18.7 Å². The lowest BCUT2D eigenvalue weighted by atomic mass is 10.2. The van der Waals surface area contributed by atoms with Crippen LogP contribution >= 0.6 is 23.2 Å². The SMILES string of the molecule is Cc1cc(N2CCOCC2)nc(NCCNS(=O)(=O)c2cc(C)c(Cl)cc2Cl)n1. The maximum absolute atomic E-state index is 12.5. The van der Waals surface area contributed by atoms with Crippen LogP contribution in [0.25, 0.3) is 0 Å². The van der Waals surface area contributed by atoms with Gasteiger partial charge in [0, 0.05) is 43.0 Å². The van der Waals surface area contributed by atoms with E-state index < -0.39 is 10.0 Å². The molecular formula is C18H23Cl2N5O3S. The highest BCUT2D eigenvalue weighted by molar-refractivity contribution is 7.89. The molecule has 2 aromatic rings. The van der Waals surface area contributed by atoms with Crippen molar-refractivity contribution in [3.63, 3.8) is 0 Å². The summed E-state index contributed by atoms with van der Waals surface area (Å²) in [5.74, 6) is 1.28. The van der Waals surface area contributed by atoms with Crippen LogP contribution in [-0.4, -0.2) is 57.8 Å². The Bertz CT molecular complexity index is 982. The van der Waals surface area contributed by atoms with Crippen LogP contribution in [0.1, 0.15) is 11.3 Å². The topological polar surface area (TPSA) is 96.5 Å². The third-order valence-electron chi connectivity index (χ3n) is 4.38. The molecule has 1 fully saturated rings. The molecule has 11 heteroatoms. The van der Waals surface area contributed by atoms with E-state index in [9.17, 15) is 8.42 Å². The van der Waals surface area contributed by atoms with Crippen LogP contribution in [0.15, 0.2) is 23.1 Å². The Hall–Kier alpha value is -1.65. The molecule has 8 nitrogen and oxygen atoms in total. The minimum Gasteiger partial charge on any atom is -0.378 e. The quantitative estimate of drug-likeness (QED) is 0.614. The maximum atomic E-state index is 12.5. The summed E-state index contributed by atoms with van der Waals surface area (Å²) in [4.78, 5) is 11.0. The van der Waals surface area contributed by atoms with Gasteiger partial charge < -0.3 is 15.0 Å². The average molecular weight is 460 g/mol. The minimum absolute atomic E-state index is 0.00229. The zero-order valence-corrected chi connectivity index (χ0v) is 18.5. The number of hydrogen-bond donors (Lipinski definition) is 2. The number of morpholine rings is 1. The second-order valence-electron chi connectivity index (χ2n) is 6.65. The summed E-state index contributed by atoms with van der Waals surface area (Å²) in [6, 6.07) is 4.81. The number of ether oxygens (including phenoxy) is 1. The van der Waals surface area contributed by atoms with Crippen molar-refractivity contribution in [1.29, 1.82) is 0 Å². The fraction of sp³-hybridized carbons (Fsp3) is 0.444. The van der Waals surface area contributed by atoms with Crippen LogP contribution in [0.4, 0.5) is 11.8 Å². The van der Waals surface area contributed by atoms with E-state index in [-0.39, 0.29) is 16.5 Å². The van der Waals surface area contributed by atoms with Gasteiger partial charge in [0.25, 0.3) is 0 Å². The molecule has 1 aliphatic heterocycles. The summed E-state index contributed by atoms with van der Waals surface area (Å²) in [6.45, 7) is 6.96. The van der Waals surface area contributed by atoms with E-state index in [1.807, 2.05) is 13.0 Å². The van der Waals surface area contributed by atoms with Gasteiger partial charge in [0.05, 0.1) is 18.2 Å². The van der Waals surface area contributed by atoms with Crippen molar-refractivity contribution in [2.75, 3.05) is 49.6 Å². The first-order valence-electron chi connectivity index (χ1n) is 9.14. The second kappa shape index (κ2) is 9.44. The molecule has 1 aliphatic rings. The number of aromatic nitrogens is 2. The van der Waals surface area contributed by atoms with Crippen molar-refractivity contribution in [3.05, 3.63) is 39.5 Å². The number of hydrogen-bond acceptors (Lipinski definition) is 7. The highest BCUT2D eigenvalue weighted by Crippen LogP contribution is 2.28. The fourth-order valence-electron chi connectivity index (χ4n) is 2.86. The summed E-state index contributed by atoms with van der Waals surface area (Å²) in [7, 11) is -3.76. The Morgan fingerprint density at radius 3 is 2.52 bits per heavy atom. The fourth-order valence-corrected chi connectivity index (χ4v) is 4.72. The first kappa shape index (κ1) is 22.0. The van der Waals surface area contributed by atoms with Crippen molar-refractivity contribution >= 4 is 45.0 Å². The van der Waals surface area contributed by atoms with Gasteiger partial charge in [-0.15, -0.1) is 0 Å². The maximum Gasteiger partial charge on any atom is 0.242 e. The summed E-state index contributed by atoms with van der Waals surface area (Å²) in [6.07, 6.45) is 0. The van der Waals surface area contributed by atoms with Crippen LogP contribution in [0.2, 0.25) is 10.0 Å². The molecule has 1 aromatic heterocycles. The van der Waals surface area contributed by atoms with Gasteiger partial charge in [0.2, 0.25) is 16.0 Å². The molecule has 158 valence electrons. The van der Waals surface area contributed by atoms with E-state index in [0.717, 1.165) is 24.6 Å². The molecule has 2 N–H and O–H groups in total. The number of anilines is 2. The van der Waals surface area contributed by atoms with Crippen LogP contribution in [0, 0.1) is 13.8 Å². The standard InChI is InChI=1S/C18H23Cl2N5O3S/c1-12-9-16(15(20)11-14(12)19)29(26,27)22-4-3-21-18-23-13(2)10-17(24-18)25-5-7-28-8-6-25/h9-11,22H,3-8H2,1-2H3,(H,21,23,24). The van der Waals surface area contributed by atoms with E-state index >= 15 is 0 Å². The van der Waals surface area contributed by atoms with Crippen LogP contribution in [0.3, 0.4) is 0 Å². The lowest BCUT2D eigenvalue weighted by molar-refractivity contribution is 0.122. The summed E-state index contributed by atoms with van der Waals surface area (Å²) in [5.41, 5.74) is 1.46. The van der Waals surface area contributed by atoms with Gasteiger partial charge in [-0.05, 0) is 31.5 Å². The molecule has 0 radical (unpaired) electrons. The molecule has 29 heavy (non-hydrogen) atoms. The van der Waals surface area contributed by atoms with Gasteiger partial charge in [-0.1, -0.05) is 23.2 Å². The molecule has 0 aliphatic carbocycles. The number of sulfonamides is 1. The Morgan fingerprint density at radius 2 is 1.79 bits per heavy atom. The van der Waals surface area contributed by atoms with Crippen LogP contribution in [-0.2, 0) is 14.8 Å². The molecule has 1 saturated heterocycles. The third kappa shape index (κ3) is 5.70. The first-order chi connectivity index (χ1) is 13.8. The highest BCUT2D eigenvalue weighted by Gasteiger charge is 2.19. The predicted molar refractivity (Wildman–Crippen MR) is 115 cm³/mol. The van der Waals surface area contributed by atoms with Gasteiger partial charge >= 0.3 is 0 Å². The molecule has 2 heterocycles. The van der Waals surface area contributed by atoms with Crippen molar-refractivity contribution in [3.8, 4) is 0 Å². The Morgan fingerprint density at radius 1 is 1.07 bits per heavy atom. The van der Waals surface area contributed by atoms with E-state index in [2.05, 4.69) is 24.9 Å². The van der Waals surface area contributed by atoms with E-state index in [1.165, 1.54) is 12.1 Å². The lowest BCUT2D eigenvalue weighted by Gasteiger charge is -2.28. The molecule has 0 bridgehead atoms. The number of benzene rings is 1. The molecule has 0 amide bonds. The molecular weight excluding hydrogens is 437 g/mol. The number of rotatable bonds is 7. The highest BCUT2D eigenvalue weighted by atomic mass is 35.5. The number of nitrogens with zero attached hydrogens (tertiary/aromatic N) is 3. The smallest absolute Gasteiger partial charge is 0.242 e. The summed E-state index contributed by atoms with van der Waals surface area (Å²) >= 11 is 12.0. The zero-order valence-electron chi connectivity index (χ0n) is 16.2. The summed E-state index contributed by atoms with van der Waals surface area (Å²) < 4.78 is 32.9. The van der Waals surface area contributed by atoms with Gasteiger partial charge in [-0.2, -0.15) is 4.98 Å². The molecule has 1 aromatic carbocycles. The van der Waals surface area contributed by atoms with Gasteiger partial charge in [-0.3, -0.25) is 0 Å². The number of halogens is 2. The van der Waals surface area contributed by atoms with Gasteiger partial charge in [-0.25, -0.2) is 18.1 Å². The van der Waals surface area contributed by atoms with Crippen molar-refractivity contribution in [1.82, 2.24) is 14.7 Å². The lowest BCUT2D eigenvalue weighted by Crippen LogP contribution is -2.37. The third-order valence-corrected chi connectivity index (χ3v) is 6.71. The average Bonchev–Trinajstić information content (AvgIpc) is 2.68. The Labute approximate surface area is 180 Å². The molecule has 0 saturated carbocycles. The molecule has 0 atom stereocenters. The Kier molecular flexibility index (Phi) is 7.18. The number of nitrogens with one attached hydrogen (secondary N) is 2. The normalized spacial score (nSPS) is 14.8. The predicted octanol–water partition coefficient (Wildman–Crippen LogP) is 2.63. The van der Waals surface area contributed by atoms with Crippen molar-refractivity contribution in [2.24, 2.45) is 0 Å². The van der Waals surface area contributed by atoms with E-state index in [0.29, 0.717) is 36.3 Å². The molecule has 3 rings (SSSR count). The van der Waals surface area contributed by atoms with Crippen molar-refractivity contribution < 1.29 is 13.2 Å². The summed E-state index contributed by atoms with van der Waals surface area (Å²) in [5, 5.41) is 3.56.